The zero-order valence-corrected chi connectivity index (χ0v) is 10.1. The number of nitrogens with zero attached hydrogens (tertiary/aromatic N) is 3. The van der Waals surface area contributed by atoms with Crippen molar-refractivity contribution in [3.05, 3.63) is 35.2 Å². The van der Waals surface area contributed by atoms with Crippen molar-refractivity contribution >= 4 is 5.95 Å². The predicted molar refractivity (Wildman–Crippen MR) is 63.9 cm³/mol. The molecule has 3 rings (SSSR count). The first-order valence-corrected chi connectivity index (χ1v) is 6.07. The van der Waals surface area contributed by atoms with Crippen LogP contribution in [0.2, 0.25) is 0 Å². The molecule has 19 heavy (non-hydrogen) atoms. The van der Waals surface area contributed by atoms with Crippen LogP contribution in [0.5, 0.6) is 0 Å². The zero-order valence-electron chi connectivity index (χ0n) is 10.1. The van der Waals surface area contributed by atoms with Crippen LogP contribution in [0.3, 0.4) is 0 Å². The van der Waals surface area contributed by atoms with Crippen molar-refractivity contribution in [2.45, 2.75) is 31.9 Å². The van der Waals surface area contributed by atoms with Gasteiger partial charge in [0.05, 0.1) is 19.0 Å². The van der Waals surface area contributed by atoms with Crippen LogP contribution in [0.15, 0.2) is 16.9 Å². The molecule has 2 N–H and O–H groups in total. The van der Waals surface area contributed by atoms with Gasteiger partial charge in [0, 0.05) is 18.0 Å². The lowest BCUT2D eigenvalue weighted by atomic mass is 9.92. The average molecular weight is 264 g/mol. The minimum atomic E-state index is -0.460. The molecule has 0 amide bonds. The first kappa shape index (κ1) is 12.0. The number of aromatic nitrogens is 3. The fourth-order valence-corrected chi connectivity index (χ4v) is 2.28. The van der Waals surface area contributed by atoms with Gasteiger partial charge in [0.25, 0.3) is 0 Å². The Bertz CT molecular complexity index is 556. The van der Waals surface area contributed by atoms with E-state index in [4.69, 9.17) is 4.52 Å². The molecule has 6 nitrogen and oxygen atoms in total. The minimum absolute atomic E-state index is 0.126. The van der Waals surface area contributed by atoms with E-state index in [1.807, 2.05) is 0 Å². The van der Waals surface area contributed by atoms with E-state index in [9.17, 15) is 9.50 Å². The lowest BCUT2D eigenvalue weighted by Crippen LogP contribution is -2.28. The van der Waals surface area contributed by atoms with Crippen LogP contribution in [-0.2, 0) is 19.4 Å². The highest BCUT2D eigenvalue weighted by molar-refractivity contribution is 5.32. The summed E-state index contributed by atoms with van der Waals surface area (Å²) in [5, 5.41) is 16.2. The second kappa shape index (κ2) is 4.93. The van der Waals surface area contributed by atoms with Gasteiger partial charge in [0.15, 0.2) is 5.82 Å². The third-order valence-electron chi connectivity index (χ3n) is 3.22. The summed E-state index contributed by atoms with van der Waals surface area (Å²) in [6, 6.07) is 0.127. The van der Waals surface area contributed by atoms with Crippen LogP contribution >= 0.6 is 0 Å². The van der Waals surface area contributed by atoms with E-state index >= 15 is 0 Å². The van der Waals surface area contributed by atoms with Gasteiger partial charge in [0.1, 0.15) is 11.5 Å². The summed E-state index contributed by atoms with van der Waals surface area (Å²) < 4.78 is 17.9. The monoisotopic (exact) mass is 264 g/mol. The topological polar surface area (TPSA) is 84.1 Å². The highest BCUT2D eigenvalue weighted by Crippen LogP contribution is 2.25. The lowest BCUT2D eigenvalue weighted by Gasteiger charge is -2.22. The Morgan fingerprint density at radius 2 is 2.21 bits per heavy atom. The maximum atomic E-state index is 12.7. The normalized spacial score (nSPS) is 18.1. The molecule has 7 heteroatoms. The Kier molecular flexibility index (Phi) is 3.12. The standard InChI is InChI=1S/C12H13FN4O2/c13-7-4-14-12(15-5-7)16-8-1-2-11-9(3-8)10(6-18)17-19-11/h4-5,8,18H,1-3,6H2,(H,14,15,16). The molecule has 0 aromatic carbocycles. The van der Waals surface area contributed by atoms with Crippen molar-refractivity contribution in [3.63, 3.8) is 0 Å². The summed E-state index contributed by atoms with van der Waals surface area (Å²) in [6.45, 7) is -0.126. The predicted octanol–water partition coefficient (Wildman–Crippen LogP) is 1.07. The molecule has 2 heterocycles. The molecule has 0 aliphatic heterocycles. The van der Waals surface area contributed by atoms with E-state index in [-0.39, 0.29) is 12.6 Å². The molecular weight excluding hydrogens is 251 g/mol. The van der Waals surface area contributed by atoms with Gasteiger partial charge in [-0.05, 0) is 12.8 Å². The van der Waals surface area contributed by atoms with Gasteiger partial charge < -0.3 is 14.9 Å². The molecule has 2 aromatic rings. The molecule has 1 atom stereocenters. The first-order chi connectivity index (χ1) is 9.26. The number of anilines is 1. The molecule has 0 saturated heterocycles. The van der Waals surface area contributed by atoms with Crippen molar-refractivity contribution in [2.75, 3.05) is 5.32 Å². The number of aliphatic hydroxyl groups is 1. The molecule has 0 bridgehead atoms. The van der Waals surface area contributed by atoms with Crippen molar-refractivity contribution in [2.24, 2.45) is 0 Å². The van der Waals surface area contributed by atoms with E-state index in [0.717, 1.165) is 36.6 Å². The number of hydrogen-bond acceptors (Lipinski definition) is 6. The van der Waals surface area contributed by atoms with Crippen LogP contribution in [-0.4, -0.2) is 26.3 Å². The van der Waals surface area contributed by atoms with Gasteiger partial charge in [-0.25, -0.2) is 14.4 Å². The molecule has 0 radical (unpaired) electrons. The van der Waals surface area contributed by atoms with Crippen LogP contribution in [0, 0.1) is 5.82 Å². The van der Waals surface area contributed by atoms with E-state index in [0.29, 0.717) is 18.1 Å². The number of rotatable bonds is 3. The number of halogens is 1. The zero-order chi connectivity index (χ0) is 13.2. The molecule has 100 valence electrons. The Balaban J connectivity index is 1.73. The number of fused-ring (bicyclic) bond motifs is 1. The van der Waals surface area contributed by atoms with E-state index in [1.165, 1.54) is 0 Å². The van der Waals surface area contributed by atoms with Crippen molar-refractivity contribution < 1.29 is 14.0 Å². The molecule has 2 aromatic heterocycles. The quantitative estimate of drug-likeness (QED) is 0.862. The Labute approximate surface area is 108 Å². The Morgan fingerprint density at radius 3 is 2.95 bits per heavy atom. The number of nitrogens with one attached hydrogen (secondary N) is 1. The van der Waals surface area contributed by atoms with Crippen LogP contribution in [0.4, 0.5) is 10.3 Å². The third-order valence-corrected chi connectivity index (χ3v) is 3.22. The third kappa shape index (κ3) is 2.41. The van der Waals surface area contributed by atoms with Crippen molar-refractivity contribution in [1.29, 1.82) is 0 Å². The maximum Gasteiger partial charge on any atom is 0.223 e. The molecule has 1 aliphatic rings. The molecule has 0 saturated carbocycles. The van der Waals surface area contributed by atoms with Crippen LogP contribution in [0.1, 0.15) is 23.4 Å². The fourth-order valence-electron chi connectivity index (χ4n) is 2.28. The van der Waals surface area contributed by atoms with Gasteiger partial charge >= 0.3 is 0 Å². The van der Waals surface area contributed by atoms with E-state index in [2.05, 4.69) is 20.4 Å². The van der Waals surface area contributed by atoms with Gasteiger partial charge in [-0.1, -0.05) is 5.16 Å². The largest absolute Gasteiger partial charge is 0.390 e. The summed E-state index contributed by atoms with van der Waals surface area (Å²) in [7, 11) is 0. The van der Waals surface area contributed by atoms with Gasteiger partial charge in [0.2, 0.25) is 5.95 Å². The molecule has 1 aliphatic carbocycles. The summed E-state index contributed by atoms with van der Waals surface area (Å²) >= 11 is 0. The van der Waals surface area contributed by atoms with Gasteiger partial charge in [-0.15, -0.1) is 0 Å². The Hall–Kier alpha value is -2.02. The average Bonchev–Trinajstić information content (AvgIpc) is 2.84. The van der Waals surface area contributed by atoms with Gasteiger partial charge in [-0.3, -0.25) is 0 Å². The summed E-state index contributed by atoms with van der Waals surface area (Å²) in [5.41, 5.74) is 1.54. The number of aryl methyl sites for hydroxylation is 1. The van der Waals surface area contributed by atoms with Crippen molar-refractivity contribution in [1.82, 2.24) is 15.1 Å². The molecule has 0 fully saturated rings. The number of aliphatic hydroxyl groups excluding tert-OH is 1. The summed E-state index contributed by atoms with van der Waals surface area (Å²) in [6.07, 6.45) is 4.55. The van der Waals surface area contributed by atoms with E-state index < -0.39 is 5.82 Å². The first-order valence-electron chi connectivity index (χ1n) is 6.07. The van der Waals surface area contributed by atoms with Gasteiger partial charge in [-0.2, -0.15) is 0 Å². The van der Waals surface area contributed by atoms with Crippen molar-refractivity contribution in [3.8, 4) is 0 Å². The van der Waals surface area contributed by atoms with E-state index in [1.54, 1.807) is 0 Å². The maximum absolute atomic E-state index is 12.7. The molecule has 1 unspecified atom stereocenters. The Morgan fingerprint density at radius 1 is 1.42 bits per heavy atom. The summed E-state index contributed by atoms with van der Waals surface area (Å²) in [4.78, 5) is 7.75. The second-order valence-electron chi connectivity index (χ2n) is 4.50. The smallest absolute Gasteiger partial charge is 0.223 e. The second-order valence-corrected chi connectivity index (χ2v) is 4.50. The highest BCUT2D eigenvalue weighted by Gasteiger charge is 2.25. The lowest BCUT2D eigenvalue weighted by molar-refractivity contribution is 0.265. The molecule has 0 spiro atoms. The summed E-state index contributed by atoms with van der Waals surface area (Å²) in [5.74, 6) is 0.775. The fraction of sp³-hybridized carbons (Fsp3) is 0.417. The molecular formula is C12H13FN4O2. The highest BCUT2D eigenvalue weighted by atomic mass is 19.1. The SMILES string of the molecule is OCc1noc2c1CC(Nc1ncc(F)cn1)CC2. The van der Waals surface area contributed by atoms with Crippen LogP contribution < -0.4 is 5.32 Å². The number of hydrogen-bond donors (Lipinski definition) is 2. The van der Waals surface area contributed by atoms with Crippen LogP contribution in [0.25, 0.3) is 0 Å². The minimum Gasteiger partial charge on any atom is -0.390 e.